The molecule has 1 saturated heterocycles. The number of nitrogens with one attached hydrogen (secondary N) is 3. The Hall–Kier alpha value is -4.22. The van der Waals surface area contributed by atoms with Gasteiger partial charge in [-0.25, -0.2) is 8.78 Å². The molecule has 3 aromatic carbocycles. The average Bonchev–Trinajstić information content (AvgIpc) is 3.33. The number of hydrogen-bond acceptors (Lipinski definition) is 7. The number of benzene rings is 3. The van der Waals surface area contributed by atoms with Crippen molar-refractivity contribution in [3.63, 3.8) is 0 Å². The normalized spacial score (nSPS) is 14.7. The molecule has 1 aliphatic heterocycles. The van der Waals surface area contributed by atoms with Crippen LogP contribution in [0.1, 0.15) is 22.8 Å². The highest BCUT2D eigenvalue weighted by atomic mass is 19.1. The zero-order valence-electron chi connectivity index (χ0n) is 23.3. The van der Waals surface area contributed by atoms with Gasteiger partial charge in [0.1, 0.15) is 24.0 Å². The summed E-state index contributed by atoms with van der Waals surface area (Å²) in [4.78, 5) is 18.2. The van der Waals surface area contributed by atoms with E-state index in [4.69, 9.17) is 9.47 Å². The van der Waals surface area contributed by atoms with Gasteiger partial charge in [0.25, 0.3) is 5.91 Å². The van der Waals surface area contributed by atoms with Gasteiger partial charge in [-0.2, -0.15) is 5.10 Å². The molecule has 11 heteroatoms. The van der Waals surface area contributed by atoms with Crippen LogP contribution in [-0.2, 0) is 11.3 Å². The molecule has 0 unspecified atom stereocenters. The molecule has 216 valence electrons. The van der Waals surface area contributed by atoms with Crippen LogP contribution in [0.25, 0.3) is 10.9 Å². The number of amides is 1. The molecular weight excluding hydrogens is 530 g/mol. The highest BCUT2D eigenvalue weighted by molar-refractivity contribution is 6.11. The molecule has 1 aromatic heterocycles. The number of fused-ring (bicyclic) bond motifs is 1. The van der Waals surface area contributed by atoms with Gasteiger partial charge in [-0.15, -0.1) is 0 Å². The lowest BCUT2D eigenvalue weighted by Gasteiger charge is -2.34. The zero-order chi connectivity index (χ0) is 28.9. The number of piperazine rings is 1. The molecule has 0 saturated carbocycles. The van der Waals surface area contributed by atoms with E-state index in [1.165, 1.54) is 12.1 Å². The largest absolute Gasteiger partial charge is 0.489 e. The van der Waals surface area contributed by atoms with E-state index in [9.17, 15) is 13.6 Å². The Kier molecular flexibility index (Phi) is 8.65. The van der Waals surface area contributed by atoms with Crippen molar-refractivity contribution in [1.82, 2.24) is 15.1 Å². The first-order valence-corrected chi connectivity index (χ1v) is 13.5. The van der Waals surface area contributed by atoms with Crippen LogP contribution in [-0.4, -0.2) is 74.0 Å². The number of aromatic nitrogens is 2. The van der Waals surface area contributed by atoms with E-state index in [-0.39, 0.29) is 18.6 Å². The van der Waals surface area contributed by atoms with E-state index in [2.05, 4.69) is 37.7 Å². The van der Waals surface area contributed by atoms with Crippen molar-refractivity contribution in [1.29, 1.82) is 0 Å². The van der Waals surface area contributed by atoms with E-state index in [1.54, 1.807) is 25.3 Å². The minimum absolute atomic E-state index is 0.0198. The zero-order valence-corrected chi connectivity index (χ0v) is 23.3. The van der Waals surface area contributed by atoms with E-state index >= 15 is 0 Å². The maximum Gasteiger partial charge on any atom is 0.258 e. The molecule has 5 rings (SSSR count). The molecule has 0 spiro atoms. The Morgan fingerprint density at radius 3 is 2.54 bits per heavy atom. The number of H-pyrrole nitrogens is 1. The van der Waals surface area contributed by atoms with Crippen LogP contribution in [0, 0.1) is 11.6 Å². The van der Waals surface area contributed by atoms with Crippen molar-refractivity contribution < 1.29 is 23.0 Å². The fourth-order valence-electron chi connectivity index (χ4n) is 4.88. The van der Waals surface area contributed by atoms with Crippen molar-refractivity contribution >= 4 is 34.0 Å². The number of nitrogens with zero attached hydrogens (tertiary/aromatic N) is 3. The van der Waals surface area contributed by atoms with Crippen LogP contribution in [0.3, 0.4) is 0 Å². The highest BCUT2D eigenvalue weighted by Gasteiger charge is 2.20. The van der Waals surface area contributed by atoms with Crippen molar-refractivity contribution in [3.05, 3.63) is 77.4 Å². The van der Waals surface area contributed by atoms with Gasteiger partial charge in [-0.3, -0.25) is 9.89 Å². The maximum absolute atomic E-state index is 13.5. The quantitative estimate of drug-likeness (QED) is 0.253. The molecule has 0 radical (unpaired) electrons. The summed E-state index contributed by atoms with van der Waals surface area (Å²) in [5, 5.41) is 14.2. The standard InChI is InChI=1S/C30H34F2N6O3/c1-19(17-40-3)33-28-15-23(38-10-8-37(2)9-11-38)4-6-25(28)30(39)34-29-26-16-24(5-7-27(26)35-36-29)41-18-20-12-21(31)14-22(32)13-20/h4-7,12-16,19,33H,8-11,17-18H2,1-3H3,(H2,34,35,36,39)/t19-/m1/s1. The van der Waals surface area contributed by atoms with Crippen LogP contribution in [0.5, 0.6) is 5.75 Å². The molecule has 4 aromatic rings. The van der Waals surface area contributed by atoms with Gasteiger partial charge < -0.3 is 29.9 Å². The second-order valence-electron chi connectivity index (χ2n) is 10.3. The number of rotatable bonds is 10. The van der Waals surface area contributed by atoms with Crippen LogP contribution >= 0.6 is 0 Å². The van der Waals surface area contributed by atoms with Crippen molar-refractivity contribution in [2.24, 2.45) is 0 Å². The van der Waals surface area contributed by atoms with E-state index in [0.717, 1.165) is 37.9 Å². The third kappa shape index (κ3) is 6.93. The van der Waals surface area contributed by atoms with Gasteiger partial charge >= 0.3 is 0 Å². The van der Waals surface area contributed by atoms with Gasteiger partial charge in [-0.05, 0) is 68.1 Å². The number of likely N-dealkylation sites (N-methyl/N-ethyl adjacent to an activating group) is 1. The summed E-state index contributed by atoms with van der Waals surface area (Å²) in [7, 11) is 3.76. The van der Waals surface area contributed by atoms with Gasteiger partial charge in [0.15, 0.2) is 5.82 Å². The number of ether oxygens (including phenoxy) is 2. The van der Waals surface area contributed by atoms with Gasteiger partial charge in [0.2, 0.25) is 0 Å². The molecule has 1 amide bonds. The van der Waals surface area contributed by atoms with Crippen LogP contribution in [0.4, 0.5) is 26.0 Å². The fourth-order valence-corrected chi connectivity index (χ4v) is 4.88. The number of hydrogen-bond donors (Lipinski definition) is 3. The number of methoxy groups -OCH3 is 1. The van der Waals surface area contributed by atoms with Crippen LogP contribution in [0.2, 0.25) is 0 Å². The number of halogens is 2. The minimum atomic E-state index is -0.666. The number of carbonyl (C=O) groups is 1. The predicted octanol–water partition coefficient (Wildman–Crippen LogP) is 4.87. The van der Waals surface area contributed by atoms with E-state index in [0.29, 0.717) is 45.9 Å². The summed E-state index contributed by atoms with van der Waals surface area (Å²) in [6.07, 6.45) is 0. The van der Waals surface area contributed by atoms with E-state index in [1.807, 2.05) is 25.1 Å². The first-order chi connectivity index (χ1) is 19.8. The van der Waals surface area contributed by atoms with Gasteiger partial charge in [0, 0.05) is 62.2 Å². The Labute approximate surface area is 237 Å². The molecule has 3 N–H and O–H groups in total. The Morgan fingerprint density at radius 1 is 1.05 bits per heavy atom. The molecule has 2 heterocycles. The first-order valence-electron chi connectivity index (χ1n) is 13.5. The summed E-state index contributed by atoms with van der Waals surface area (Å²) >= 11 is 0. The van der Waals surface area contributed by atoms with Gasteiger partial charge in [-0.1, -0.05) is 0 Å². The molecule has 1 aliphatic rings. The van der Waals surface area contributed by atoms with Crippen LogP contribution in [0.15, 0.2) is 54.6 Å². The van der Waals surface area contributed by atoms with Crippen molar-refractivity contribution in [2.45, 2.75) is 19.6 Å². The Morgan fingerprint density at radius 2 is 1.80 bits per heavy atom. The number of anilines is 3. The smallest absolute Gasteiger partial charge is 0.258 e. The number of carbonyl (C=O) groups excluding carboxylic acids is 1. The topological polar surface area (TPSA) is 94.8 Å². The third-order valence-corrected chi connectivity index (χ3v) is 7.03. The molecule has 9 nitrogen and oxygen atoms in total. The van der Waals surface area contributed by atoms with E-state index < -0.39 is 11.6 Å². The van der Waals surface area contributed by atoms with Crippen molar-refractivity contribution in [3.8, 4) is 5.75 Å². The summed E-state index contributed by atoms with van der Waals surface area (Å²) in [5.74, 6) is -0.850. The molecule has 41 heavy (non-hydrogen) atoms. The lowest BCUT2D eigenvalue weighted by Crippen LogP contribution is -2.44. The minimum Gasteiger partial charge on any atom is -0.489 e. The first kappa shape index (κ1) is 28.3. The van der Waals surface area contributed by atoms with Crippen LogP contribution < -0.4 is 20.3 Å². The summed E-state index contributed by atoms with van der Waals surface area (Å²) in [6.45, 7) is 6.22. The predicted molar refractivity (Wildman–Crippen MR) is 156 cm³/mol. The Balaban J connectivity index is 1.36. The second kappa shape index (κ2) is 12.5. The fraction of sp³-hybridized carbons (Fsp3) is 0.333. The number of aromatic amines is 1. The highest BCUT2D eigenvalue weighted by Crippen LogP contribution is 2.29. The third-order valence-electron chi connectivity index (χ3n) is 7.03. The summed E-state index contributed by atoms with van der Waals surface area (Å²) < 4.78 is 38.1. The molecular formula is C30H34F2N6O3. The molecule has 1 atom stereocenters. The molecule has 0 bridgehead atoms. The van der Waals surface area contributed by atoms with Gasteiger partial charge in [0.05, 0.1) is 17.7 Å². The Bertz CT molecular complexity index is 1500. The summed E-state index contributed by atoms with van der Waals surface area (Å²) in [5.41, 5.74) is 3.29. The second-order valence-corrected chi connectivity index (χ2v) is 10.3. The average molecular weight is 565 g/mol. The van der Waals surface area contributed by atoms with Crippen molar-refractivity contribution in [2.75, 3.05) is 62.5 Å². The SMILES string of the molecule is COC[C@@H](C)Nc1cc(N2CCN(C)CC2)ccc1C(=O)Nc1n[nH]c2ccc(OCc3cc(F)cc(F)c3)cc12. The monoisotopic (exact) mass is 564 g/mol. The molecule has 1 fully saturated rings. The lowest BCUT2D eigenvalue weighted by atomic mass is 10.1. The lowest BCUT2D eigenvalue weighted by molar-refractivity contribution is 0.102. The molecule has 0 aliphatic carbocycles. The maximum atomic E-state index is 13.5. The summed E-state index contributed by atoms with van der Waals surface area (Å²) in [6, 6.07) is 14.3.